The lowest BCUT2D eigenvalue weighted by molar-refractivity contribution is -0.169. The molecule has 3 rings (SSSR count). The van der Waals surface area contributed by atoms with Gasteiger partial charge in [-0.25, -0.2) is 4.79 Å². The van der Waals surface area contributed by atoms with E-state index in [0.717, 1.165) is 4.90 Å². The number of ether oxygens (including phenoxy) is 3. The molecule has 8 nitrogen and oxygen atoms in total. The Bertz CT molecular complexity index is 602. The number of carbonyl (C=O) groups is 4. The molecule has 1 amide bonds. The molecule has 0 bridgehead atoms. The second-order valence-corrected chi connectivity index (χ2v) is 6.14. The van der Waals surface area contributed by atoms with Crippen molar-refractivity contribution in [3.8, 4) is 0 Å². The topological polar surface area (TPSA) is 99.2 Å². The summed E-state index contributed by atoms with van der Waals surface area (Å²) in [5, 5.41) is 0. The van der Waals surface area contributed by atoms with Crippen molar-refractivity contribution in [3.63, 3.8) is 0 Å². The number of esters is 2. The molecule has 1 spiro atoms. The number of methoxy groups -OCH3 is 1. The zero-order valence-corrected chi connectivity index (χ0v) is 12.6. The summed E-state index contributed by atoms with van der Waals surface area (Å²) >= 11 is 0. The Kier molecular flexibility index (Phi) is 2.91. The molecule has 3 atom stereocenters. The van der Waals surface area contributed by atoms with Crippen LogP contribution in [0, 0.1) is 5.41 Å². The molecule has 0 aromatic rings. The molecule has 3 heterocycles. The van der Waals surface area contributed by atoms with Gasteiger partial charge in [0, 0.05) is 12.8 Å². The normalized spacial score (nSPS) is 40.0. The van der Waals surface area contributed by atoms with Gasteiger partial charge in [0.15, 0.2) is 16.7 Å². The number of hydrogen-bond acceptors (Lipinski definition) is 7. The van der Waals surface area contributed by atoms with E-state index >= 15 is 0 Å². The van der Waals surface area contributed by atoms with Crippen LogP contribution in [-0.4, -0.2) is 60.1 Å². The molecule has 8 heteroatoms. The molecule has 22 heavy (non-hydrogen) atoms. The Hall–Kier alpha value is -1.96. The average Bonchev–Trinajstić information content (AvgIpc) is 3.07. The fourth-order valence-electron chi connectivity index (χ4n) is 3.69. The smallest absolute Gasteiger partial charge is 0.334 e. The highest BCUT2D eigenvalue weighted by molar-refractivity contribution is 6.11. The first-order valence-corrected chi connectivity index (χ1v) is 7.00. The van der Waals surface area contributed by atoms with Crippen LogP contribution in [0.3, 0.4) is 0 Å². The average molecular weight is 311 g/mol. The summed E-state index contributed by atoms with van der Waals surface area (Å²) in [6.45, 7) is 2.64. The number of amides is 1. The number of cyclic esters (lactones) is 1. The quantitative estimate of drug-likeness (QED) is 0.496. The molecule has 0 unspecified atom stereocenters. The van der Waals surface area contributed by atoms with E-state index in [1.165, 1.54) is 21.0 Å². The molecule has 3 saturated heterocycles. The van der Waals surface area contributed by atoms with E-state index < -0.39 is 40.3 Å². The Balaban J connectivity index is 2.16. The van der Waals surface area contributed by atoms with Crippen molar-refractivity contribution in [2.75, 3.05) is 20.3 Å². The third-order valence-corrected chi connectivity index (χ3v) is 5.02. The predicted octanol–water partition coefficient (Wildman–Crippen LogP) is -0.601. The van der Waals surface area contributed by atoms with Crippen LogP contribution in [0.25, 0.3) is 0 Å². The second-order valence-electron chi connectivity index (χ2n) is 6.14. The maximum absolute atomic E-state index is 13.0. The molecule has 120 valence electrons. The van der Waals surface area contributed by atoms with Gasteiger partial charge < -0.3 is 14.2 Å². The van der Waals surface area contributed by atoms with Crippen molar-refractivity contribution in [3.05, 3.63) is 0 Å². The Morgan fingerprint density at radius 1 is 1.32 bits per heavy atom. The number of fused-ring (bicyclic) bond motifs is 1. The van der Waals surface area contributed by atoms with Crippen molar-refractivity contribution in [2.45, 2.75) is 38.0 Å². The minimum absolute atomic E-state index is 0.0901. The molecule has 3 aliphatic heterocycles. The number of Topliss-reactive ketones (excluding diaryl/α,β-unsaturated/α-hetero) is 1. The number of ketones is 1. The van der Waals surface area contributed by atoms with Gasteiger partial charge in [0.05, 0.1) is 20.3 Å². The number of carbonyl (C=O) groups excluding carboxylic acids is 4. The monoisotopic (exact) mass is 311 g/mol. The van der Waals surface area contributed by atoms with Crippen molar-refractivity contribution < 1.29 is 33.4 Å². The molecule has 0 aromatic carbocycles. The lowest BCUT2D eigenvalue weighted by atomic mass is 9.79. The number of rotatable bonds is 2. The summed E-state index contributed by atoms with van der Waals surface area (Å²) in [6, 6.07) is 0. The minimum Gasteiger partial charge on any atom is -0.467 e. The van der Waals surface area contributed by atoms with E-state index in [2.05, 4.69) is 0 Å². The predicted molar refractivity (Wildman–Crippen MR) is 69.3 cm³/mol. The Labute approximate surface area is 126 Å². The van der Waals surface area contributed by atoms with Gasteiger partial charge in [0.2, 0.25) is 11.6 Å². The molecule has 0 aromatic heterocycles. The summed E-state index contributed by atoms with van der Waals surface area (Å²) in [5.74, 6) is -2.37. The summed E-state index contributed by atoms with van der Waals surface area (Å²) in [4.78, 5) is 50.5. The Morgan fingerprint density at radius 2 is 2.00 bits per heavy atom. The summed E-state index contributed by atoms with van der Waals surface area (Å²) in [7, 11) is 1.20. The van der Waals surface area contributed by atoms with E-state index in [4.69, 9.17) is 14.2 Å². The van der Waals surface area contributed by atoms with Crippen molar-refractivity contribution in [1.82, 2.24) is 4.90 Å². The van der Waals surface area contributed by atoms with Gasteiger partial charge in [-0.3, -0.25) is 19.3 Å². The Morgan fingerprint density at radius 3 is 2.50 bits per heavy atom. The van der Waals surface area contributed by atoms with Gasteiger partial charge in [-0.05, 0) is 13.8 Å². The lowest BCUT2D eigenvalue weighted by Gasteiger charge is -2.35. The van der Waals surface area contributed by atoms with Gasteiger partial charge in [-0.15, -0.1) is 0 Å². The number of hydrogen-bond donors (Lipinski definition) is 0. The molecule has 0 radical (unpaired) electrons. The van der Waals surface area contributed by atoms with E-state index in [1.54, 1.807) is 0 Å². The standard InChI is InChI=1S/C14H17NO7/c1-8(16)12(2)15-9(17)13(4-5-21-10(13)18)6-14(15,7-22-12)11(19)20-3/h4-7H2,1-3H3/t12-,13+,14-/m0/s1. The van der Waals surface area contributed by atoms with E-state index in [9.17, 15) is 19.2 Å². The fraction of sp³-hybridized carbons (Fsp3) is 0.714. The molecule has 3 aliphatic rings. The highest BCUT2D eigenvalue weighted by atomic mass is 16.6. The summed E-state index contributed by atoms with van der Waals surface area (Å²) in [5.41, 5.74) is -4.47. The molecular weight excluding hydrogens is 294 g/mol. The molecule has 0 saturated carbocycles. The SMILES string of the molecule is COC(=O)[C@]12CO[C@@](C)(C(C)=O)N1C(=O)[C@@]1(CCOC1=O)C2. The van der Waals surface area contributed by atoms with Gasteiger partial charge in [-0.1, -0.05) is 0 Å². The van der Waals surface area contributed by atoms with Gasteiger partial charge in [0.25, 0.3) is 0 Å². The van der Waals surface area contributed by atoms with Crippen LogP contribution in [0.2, 0.25) is 0 Å². The maximum Gasteiger partial charge on any atom is 0.334 e. The van der Waals surface area contributed by atoms with Crippen molar-refractivity contribution >= 4 is 23.6 Å². The lowest BCUT2D eigenvalue weighted by Crippen LogP contribution is -2.59. The second kappa shape index (κ2) is 4.28. The maximum atomic E-state index is 13.0. The van der Waals surface area contributed by atoms with Crippen molar-refractivity contribution in [2.24, 2.45) is 5.41 Å². The van der Waals surface area contributed by atoms with Crippen molar-refractivity contribution in [1.29, 1.82) is 0 Å². The third-order valence-electron chi connectivity index (χ3n) is 5.02. The highest BCUT2D eigenvalue weighted by Crippen LogP contribution is 2.55. The zero-order valence-electron chi connectivity index (χ0n) is 12.6. The summed E-state index contributed by atoms with van der Waals surface area (Å²) < 4.78 is 15.3. The highest BCUT2D eigenvalue weighted by Gasteiger charge is 2.75. The minimum atomic E-state index is -1.59. The van der Waals surface area contributed by atoms with Gasteiger partial charge >= 0.3 is 11.9 Å². The largest absolute Gasteiger partial charge is 0.467 e. The first-order chi connectivity index (χ1) is 10.2. The number of nitrogens with zero attached hydrogens (tertiary/aromatic N) is 1. The summed E-state index contributed by atoms with van der Waals surface area (Å²) in [6.07, 6.45) is 0.0983. The molecule has 0 aliphatic carbocycles. The first kappa shape index (κ1) is 15.0. The van der Waals surface area contributed by atoms with Crippen LogP contribution in [0.4, 0.5) is 0 Å². The molecule has 0 N–H and O–H groups in total. The van der Waals surface area contributed by atoms with Crippen LogP contribution in [-0.2, 0) is 33.4 Å². The van der Waals surface area contributed by atoms with Crippen LogP contribution in [0.5, 0.6) is 0 Å². The van der Waals surface area contributed by atoms with Crippen LogP contribution in [0.1, 0.15) is 26.7 Å². The zero-order chi connectivity index (χ0) is 16.3. The van der Waals surface area contributed by atoms with Crippen LogP contribution >= 0.6 is 0 Å². The van der Waals surface area contributed by atoms with Crippen LogP contribution in [0.15, 0.2) is 0 Å². The van der Waals surface area contributed by atoms with Crippen LogP contribution < -0.4 is 0 Å². The fourth-order valence-corrected chi connectivity index (χ4v) is 3.69. The first-order valence-electron chi connectivity index (χ1n) is 7.00. The molecular formula is C14H17NO7. The van der Waals surface area contributed by atoms with Gasteiger partial charge in [0.1, 0.15) is 0 Å². The van der Waals surface area contributed by atoms with E-state index in [0.29, 0.717) is 0 Å². The van der Waals surface area contributed by atoms with Gasteiger partial charge in [-0.2, -0.15) is 0 Å². The van der Waals surface area contributed by atoms with E-state index in [-0.39, 0.29) is 26.1 Å². The van der Waals surface area contributed by atoms with E-state index in [1.807, 2.05) is 0 Å². The third kappa shape index (κ3) is 1.45. The molecule has 3 fully saturated rings.